The Morgan fingerprint density at radius 2 is 1.82 bits per heavy atom. The van der Waals surface area contributed by atoms with Gasteiger partial charge in [0.05, 0.1) is 5.56 Å². The van der Waals surface area contributed by atoms with E-state index in [1.807, 2.05) is 19.1 Å². The minimum Gasteiger partial charge on any atom is -0.478 e. The molecule has 2 rings (SSSR count). The van der Waals surface area contributed by atoms with Crippen molar-refractivity contribution in [2.75, 3.05) is 18.0 Å². The second-order valence-corrected chi connectivity index (χ2v) is 4.71. The van der Waals surface area contributed by atoms with Gasteiger partial charge in [0.15, 0.2) is 0 Å². The Hall–Kier alpha value is -1.51. The first-order valence-corrected chi connectivity index (χ1v) is 6.27. The van der Waals surface area contributed by atoms with E-state index in [4.69, 9.17) is 5.11 Å². The molecule has 1 N–H and O–H groups in total. The summed E-state index contributed by atoms with van der Waals surface area (Å²) in [7, 11) is 0. The summed E-state index contributed by atoms with van der Waals surface area (Å²) in [4.78, 5) is 13.3. The standard InChI is InChI=1S/C14H19NO2/c1-11-6-7-12(14(16)17)10-13(11)15-8-4-2-3-5-9-15/h6-7,10H,2-5,8-9H2,1H3,(H,16,17). The van der Waals surface area contributed by atoms with E-state index in [9.17, 15) is 4.79 Å². The minimum atomic E-state index is -0.846. The molecule has 0 radical (unpaired) electrons. The van der Waals surface area contributed by atoms with Gasteiger partial charge < -0.3 is 10.0 Å². The molecule has 0 spiro atoms. The van der Waals surface area contributed by atoms with Crippen molar-refractivity contribution in [2.24, 2.45) is 0 Å². The molecule has 1 aliphatic heterocycles. The second kappa shape index (κ2) is 5.21. The number of aryl methyl sites for hydroxylation is 1. The summed E-state index contributed by atoms with van der Waals surface area (Å²) in [5.74, 6) is -0.846. The van der Waals surface area contributed by atoms with Crippen molar-refractivity contribution in [2.45, 2.75) is 32.6 Å². The maximum absolute atomic E-state index is 11.0. The molecule has 0 aliphatic carbocycles. The number of benzene rings is 1. The second-order valence-electron chi connectivity index (χ2n) is 4.71. The average molecular weight is 233 g/mol. The fourth-order valence-electron chi connectivity index (χ4n) is 2.39. The number of carbonyl (C=O) groups is 1. The molecule has 3 nitrogen and oxygen atoms in total. The first kappa shape index (κ1) is 12.0. The summed E-state index contributed by atoms with van der Waals surface area (Å²) in [6, 6.07) is 5.39. The van der Waals surface area contributed by atoms with E-state index < -0.39 is 5.97 Å². The molecule has 17 heavy (non-hydrogen) atoms. The van der Waals surface area contributed by atoms with Crippen molar-refractivity contribution in [1.29, 1.82) is 0 Å². The van der Waals surface area contributed by atoms with E-state index in [-0.39, 0.29) is 0 Å². The summed E-state index contributed by atoms with van der Waals surface area (Å²) >= 11 is 0. The monoisotopic (exact) mass is 233 g/mol. The largest absolute Gasteiger partial charge is 0.478 e. The molecular weight excluding hydrogens is 214 g/mol. The van der Waals surface area contributed by atoms with E-state index in [1.54, 1.807) is 6.07 Å². The van der Waals surface area contributed by atoms with Gasteiger partial charge >= 0.3 is 5.97 Å². The molecule has 1 aromatic carbocycles. The van der Waals surface area contributed by atoms with Crippen LogP contribution >= 0.6 is 0 Å². The van der Waals surface area contributed by atoms with Crippen LogP contribution in [0, 0.1) is 6.92 Å². The Labute approximate surface area is 102 Å². The Bertz CT molecular complexity index is 407. The smallest absolute Gasteiger partial charge is 0.335 e. The molecule has 1 heterocycles. The molecule has 3 heteroatoms. The van der Waals surface area contributed by atoms with E-state index in [0.717, 1.165) is 24.3 Å². The number of carboxylic acid groups (broad SMARTS) is 1. The predicted molar refractivity (Wildman–Crippen MR) is 68.8 cm³/mol. The van der Waals surface area contributed by atoms with Crippen molar-refractivity contribution in [1.82, 2.24) is 0 Å². The molecular formula is C14H19NO2. The van der Waals surface area contributed by atoms with Crippen molar-refractivity contribution in [3.05, 3.63) is 29.3 Å². The van der Waals surface area contributed by atoms with Crippen molar-refractivity contribution in [3.8, 4) is 0 Å². The molecule has 92 valence electrons. The van der Waals surface area contributed by atoms with Crippen molar-refractivity contribution < 1.29 is 9.90 Å². The third-order valence-corrected chi connectivity index (χ3v) is 3.40. The van der Waals surface area contributed by atoms with Gasteiger partial charge in [-0.25, -0.2) is 4.79 Å². The Kier molecular flexibility index (Phi) is 3.67. The molecule has 0 saturated carbocycles. The highest BCUT2D eigenvalue weighted by Gasteiger charge is 2.14. The molecule has 0 amide bonds. The van der Waals surface area contributed by atoms with Crippen LogP contribution in [-0.2, 0) is 0 Å². The van der Waals surface area contributed by atoms with E-state index in [0.29, 0.717) is 5.56 Å². The van der Waals surface area contributed by atoms with Crippen LogP contribution in [0.5, 0.6) is 0 Å². The van der Waals surface area contributed by atoms with Gasteiger partial charge in [-0.2, -0.15) is 0 Å². The average Bonchev–Trinajstić information content (AvgIpc) is 2.58. The van der Waals surface area contributed by atoms with E-state index in [1.165, 1.54) is 25.7 Å². The highest BCUT2D eigenvalue weighted by molar-refractivity contribution is 5.89. The summed E-state index contributed by atoms with van der Waals surface area (Å²) < 4.78 is 0. The fourth-order valence-corrected chi connectivity index (χ4v) is 2.39. The minimum absolute atomic E-state index is 0.384. The fraction of sp³-hybridized carbons (Fsp3) is 0.500. The van der Waals surface area contributed by atoms with Gasteiger partial charge in [-0.3, -0.25) is 0 Å². The summed E-state index contributed by atoms with van der Waals surface area (Å²) in [5, 5.41) is 9.04. The first-order valence-electron chi connectivity index (χ1n) is 6.27. The van der Waals surface area contributed by atoms with Crippen LogP contribution in [0.25, 0.3) is 0 Å². The van der Waals surface area contributed by atoms with Crippen LogP contribution in [-0.4, -0.2) is 24.2 Å². The Morgan fingerprint density at radius 1 is 1.18 bits per heavy atom. The zero-order valence-electron chi connectivity index (χ0n) is 10.3. The summed E-state index contributed by atoms with van der Waals surface area (Å²) in [5.41, 5.74) is 2.64. The van der Waals surface area contributed by atoms with Gasteiger partial charge in [-0.1, -0.05) is 18.9 Å². The molecule has 1 saturated heterocycles. The lowest BCUT2D eigenvalue weighted by Gasteiger charge is -2.24. The lowest BCUT2D eigenvalue weighted by molar-refractivity contribution is 0.0697. The van der Waals surface area contributed by atoms with Gasteiger partial charge in [0.2, 0.25) is 0 Å². The van der Waals surface area contributed by atoms with Crippen LogP contribution in [0.15, 0.2) is 18.2 Å². The highest BCUT2D eigenvalue weighted by Crippen LogP contribution is 2.24. The van der Waals surface area contributed by atoms with E-state index >= 15 is 0 Å². The molecule has 0 unspecified atom stereocenters. The Morgan fingerprint density at radius 3 is 2.41 bits per heavy atom. The summed E-state index contributed by atoms with van der Waals surface area (Å²) in [6.45, 7) is 4.14. The van der Waals surface area contributed by atoms with Crippen molar-refractivity contribution in [3.63, 3.8) is 0 Å². The molecule has 0 aromatic heterocycles. The van der Waals surface area contributed by atoms with Gasteiger partial charge in [-0.05, 0) is 37.5 Å². The molecule has 0 bridgehead atoms. The maximum atomic E-state index is 11.0. The van der Waals surface area contributed by atoms with E-state index in [2.05, 4.69) is 4.90 Å². The van der Waals surface area contributed by atoms with Crippen LogP contribution < -0.4 is 4.90 Å². The van der Waals surface area contributed by atoms with Crippen LogP contribution in [0.1, 0.15) is 41.6 Å². The molecule has 1 fully saturated rings. The highest BCUT2D eigenvalue weighted by atomic mass is 16.4. The third-order valence-electron chi connectivity index (χ3n) is 3.40. The number of rotatable bonds is 2. The number of anilines is 1. The topological polar surface area (TPSA) is 40.5 Å². The SMILES string of the molecule is Cc1ccc(C(=O)O)cc1N1CCCCCC1. The van der Waals surface area contributed by atoms with Crippen LogP contribution in [0.2, 0.25) is 0 Å². The predicted octanol–water partition coefficient (Wildman–Crippen LogP) is 3.07. The Balaban J connectivity index is 2.28. The van der Waals surface area contributed by atoms with Crippen LogP contribution in [0.4, 0.5) is 5.69 Å². The molecule has 1 aliphatic rings. The molecule has 1 aromatic rings. The lowest BCUT2D eigenvalue weighted by atomic mass is 10.1. The first-order chi connectivity index (χ1) is 8.18. The molecule has 0 atom stereocenters. The third kappa shape index (κ3) is 2.78. The van der Waals surface area contributed by atoms with Gasteiger partial charge in [-0.15, -0.1) is 0 Å². The van der Waals surface area contributed by atoms with Crippen molar-refractivity contribution >= 4 is 11.7 Å². The van der Waals surface area contributed by atoms with Gasteiger partial charge in [0.1, 0.15) is 0 Å². The normalized spacial score (nSPS) is 16.6. The maximum Gasteiger partial charge on any atom is 0.335 e. The number of carboxylic acids is 1. The van der Waals surface area contributed by atoms with Crippen LogP contribution in [0.3, 0.4) is 0 Å². The lowest BCUT2D eigenvalue weighted by Crippen LogP contribution is -2.25. The number of hydrogen-bond acceptors (Lipinski definition) is 2. The zero-order valence-corrected chi connectivity index (χ0v) is 10.3. The number of nitrogens with zero attached hydrogens (tertiary/aromatic N) is 1. The van der Waals surface area contributed by atoms with Gasteiger partial charge in [0, 0.05) is 18.8 Å². The quantitative estimate of drug-likeness (QED) is 0.853. The van der Waals surface area contributed by atoms with Gasteiger partial charge in [0.25, 0.3) is 0 Å². The number of aromatic carboxylic acids is 1. The summed E-state index contributed by atoms with van der Waals surface area (Å²) in [6.07, 6.45) is 4.98. The zero-order chi connectivity index (χ0) is 12.3. The number of hydrogen-bond donors (Lipinski definition) is 1.